The van der Waals surface area contributed by atoms with E-state index in [4.69, 9.17) is 0 Å². The van der Waals surface area contributed by atoms with Crippen molar-refractivity contribution in [1.82, 2.24) is 5.32 Å². The predicted octanol–water partition coefficient (Wildman–Crippen LogP) is 4.23. The van der Waals surface area contributed by atoms with Crippen LogP contribution >= 0.6 is 11.8 Å². The molecule has 0 aromatic heterocycles. The van der Waals surface area contributed by atoms with E-state index in [9.17, 15) is 8.78 Å². The molecule has 18 heavy (non-hydrogen) atoms. The fourth-order valence-corrected chi connectivity index (χ4v) is 2.61. The molecule has 0 saturated carbocycles. The smallest absolute Gasteiger partial charge is 0.159 e. The Hall–Kier alpha value is -0.610. The summed E-state index contributed by atoms with van der Waals surface area (Å²) in [5, 5.41) is 3.72. The number of rotatable bonds is 8. The van der Waals surface area contributed by atoms with Crippen LogP contribution in [0.25, 0.3) is 0 Å². The fraction of sp³-hybridized carbons (Fsp3) is 0.571. The van der Waals surface area contributed by atoms with Crippen LogP contribution in [0.5, 0.6) is 0 Å². The van der Waals surface area contributed by atoms with E-state index in [1.165, 1.54) is 31.4 Å². The maximum absolute atomic E-state index is 13.0. The van der Waals surface area contributed by atoms with Crippen molar-refractivity contribution in [2.75, 3.05) is 13.1 Å². The summed E-state index contributed by atoms with van der Waals surface area (Å²) in [4.78, 5) is 0.775. The quantitative estimate of drug-likeness (QED) is 0.562. The third-order valence-electron chi connectivity index (χ3n) is 2.62. The standard InChI is InChI=1S/C14H21F2NS/c1-3-4-5-8-17-10-11(2)18-12-6-7-13(15)14(16)9-12/h6-7,9,11,17H,3-5,8,10H2,1-2H3. The van der Waals surface area contributed by atoms with E-state index in [1.807, 2.05) is 0 Å². The van der Waals surface area contributed by atoms with Crippen molar-refractivity contribution in [3.63, 3.8) is 0 Å². The highest BCUT2D eigenvalue weighted by atomic mass is 32.2. The van der Waals surface area contributed by atoms with Crippen molar-refractivity contribution in [3.05, 3.63) is 29.8 Å². The van der Waals surface area contributed by atoms with E-state index in [0.29, 0.717) is 5.25 Å². The second kappa shape index (κ2) is 8.48. The Morgan fingerprint density at radius 3 is 2.67 bits per heavy atom. The Kier molecular flexibility index (Phi) is 7.28. The SMILES string of the molecule is CCCCCNCC(C)Sc1ccc(F)c(F)c1. The van der Waals surface area contributed by atoms with E-state index >= 15 is 0 Å². The number of thioether (sulfide) groups is 1. The van der Waals surface area contributed by atoms with Crippen LogP contribution in [0.3, 0.4) is 0 Å². The molecule has 0 fully saturated rings. The molecule has 102 valence electrons. The van der Waals surface area contributed by atoms with Gasteiger partial charge in [-0.3, -0.25) is 0 Å². The van der Waals surface area contributed by atoms with Crippen LogP contribution in [0, 0.1) is 11.6 Å². The lowest BCUT2D eigenvalue weighted by Gasteiger charge is -2.12. The summed E-state index contributed by atoms with van der Waals surface area (Å²) in [5.74, 6) is -1.56. The summed E-state index contributed by atoms with van der Waals surface area (Å²) in [5.41, 5.74) is 0. The van der Waals surface area contributed by atoms with Gasteiger partial charge in [-0.25, -0.2) is 8.78 Å². The van der Waals surface area contributed by atoms with Crippen molar-refractivity contribution >= 4 is 11.8 Å². The van der Waals surface area contributed by atoms with Gasteiger partial charge >= 0.3 is 0 Å². The third-order valence-corrected chi connectivity index (χ3v) is 3.71. The molecule has 1 N–H and O–H groups in total. The van der Waals surface area contributed by atoms with Gasteiger partial charge in [0.2, 0.25) is 0 Å². The van der Waals surface area contributed by atoms with Crippen LogP contribution in [0.1, 0.15) is 33.1 Å². The summed E-state index contributed by atoms with van der Waals surface area (Å²) >= 11 is 1.56. The first-order valence-corrected chi connectivity index (χ1v) is 7.34. The number of nitrogens with one attached hydrogen (secondary N) is 1. The van der Waals surface area contributed by atoms with Gasteiger partial charge in [-0.1, -0.05) is 26.7 Å². The van der Waals surface area contributed by atoms with Crippen LogP contribution in [-0.4, -0.2) is 18.3 Å². The van der Waals surface area contributed by atoms with Crippen LogP contribution in [0.4, 0.5) is 8.78 Å². The number of unbranched alkanes of at least 4 members (excludes halogenated alkanes) is 2. The van der Waals surface area contributed by atoms with Crippen molar-refractivity contribution < 1.29 is 8.78 Å². The Morgan fingerprint density at radius 2 is 2.00 bits per heavy atom. The van der Waals surface area contributed by atoms with Gasteiger partial charge in [0.05, 0.1) is 0 Å². The average Bonchev–Trinajstić information content (AvgIpc) is 2.34. The number of hydrogen-bond acceptors (Lipinski definition) is 2. The molecule has 0 spiro atoms. The van der Waals surface area contributed by atoms with Gasteiger partial charge in [0.15, 0.2) is 11.6 Å². The largest absolute Gasteiger partial charge is 0.316 e. The van der Waals surface area contributed by atoms with E-state index in [0.717, 1.165) is 18.0 Å². The molecular weight excluding hydrogens is 252 g/mol. The van der Waals surface area contributed by atoms with E-state index in [-0.39, 0.29) is 0 Å². The average molecular weight is 273 g/mol. The normalized spacial score (nSPS) is 12.7. The number of halogens is 2. The summed E-state index contributed by atoms with van der Waals surface area (Å²) < 4.78 is 25.8. The lowest BCUT2D eigenvalue weighted by Crippen LogP contribution is -2.23. The van der Waals surface area contributed by atoms with Gasteiger partial charge in [0, 0.05) is 16.7 Å². The van der Waals surface area contributed by atoms with E-state index in [1.54, 1.807) is 17.8 Å². The van der Waals surface area contributed by atoms with Gasteiger partial charge in [-0.2, -0.15) is 0 Å². The molecule has 1 aromatic rings. The number of benzene rings is 1. The Morgan fingerprint density at radius 1 is 1.22 bits per heavy atom. The molecular formula is C14H21F2NS. The molecule has 1 atom stereocenters. The van der Waals surface area contributed by atoms with Crippen molar-refractivity contribution in [1.29, 1.82) is 0 Å². The predicted molar refractivity (Wildman–Crippen MR) is 74.1 cm³/mol. The maximum atomic E-state index is 13.0. The molecule has 1 unspecified atom stereocenters. The Balaban J connectivity index is 2.26. The molecule has 0 aliphatic heterocycles. The minimum absolute atomic E-state index is 0.344. The zero-order valence-electron chi connectivity index (χ0n) is 11.0. The first kappa shape index (κ1) is 15.4. The highest BCUT2D eigenvalue weighted by molar-refractivity contribution is 8.00. The van der Waals surface area contributed by atoms with Gasteiger partial charge in [0.25, 0.3) is 0 Å². The van der Waals surface area contributed by atoms with Crippen LogP contribution < -0.4 is 5.32 Å². The minimum atomic E-state index is -0.787. The maximum Gasteiger partial charge on any atom is 0.159 e. The molecule has 4 heteroatoms. The highest BCUT2D eigenvalue weighted by Gasteiger charge is 2.07. The van der Waals surface area contributed by atoms with Crippen LogP contribution in [0.15, 0.2) is 23.1 Å². The number of hydrogen-bond donors (Lipinski definition) is 1. The molecule has 0 aliphatic rings. The summed E-state index contributed by atoms with van der Waals surface area (Å²) in [6.07, 6.45) is 3.66. The molecule has 0 aliphatic carbocycles. The summed E-state index contributed by atoms with van der Waals surface area (Å²) in [6.45, 7) is 6.17. The first-order chi connectivity index (χ1) is 8.63. The second-order valence-electron chi connectivity index (χ2n) is 4.42. The molecule has 0 heterocycles. The van der Waals surface area contributed by atoms with Gasteiger partial charge < -0.3 is 5.32 Å². The van der Waals surface area contributed by atoms with Crippen molar-refractivity contribution in [2.24, 2.45) is 0 Å². The molecule has 1 rings (SSSR count). The zero-order chi connectivity index (χ0) is 13.4. The van der Waals surface area contributed by atoms with Gasteiger partial charge in [-0.15, -0.1) is 11.8 Å². The third kappa shape index (κ3) is 5.83. The first-order valence-electron chi connectivity index (χ1n) is 6.46. The molecule has 1 aromatic carbocycles. The van der Waals surface area contributed by atoms with Crippen molar-refractivity contribution in [3.8, 4) is 0 Å². The molecule has 0 saturated heterocycles. The molecule has 0 radical (unpaired) electrons. The molecule has 1 nitrogen and oxygen atoms in total. The summed E-state index contributed by atoms with van der Waals surface area (Å²) in [6, 6.07) is 4.06. The second-order valence-corrected chi connectivity index (χ2v) is 5.93. The van der Waals surface area contributed by atoms with Crippen LogP contribution in [-0.2, 0) is 0 Å². The topological polar surface area (TPSA) is 12.0 Å². The summed E-state index contributed by atoms with van der Waals surface area (Å²) in [7, 11) is 0. The zero-order valence-corrected chi connectivity index (χ0v) is 11.8. The monoisotopic (exact) mass is 273 g/mol. The Labute approximate surface area is 112 Å². The van der Waals surface area contributed by atoms with Gasteiger partial charge in [0.1, 0.15) is 0 Å². The lowest BCUT2D eigenvalue weighted by atomic mass is 10.2. The highest BCUT2D eigenvalue weighted by Crippen LogP contribution is 2.24. The van der Waals surface area contributed by atoms with E-state index in [2.05, 4.69) is 19.2 Å². The minimum Gasteiger partial charge on any atom is -0.316 e. The van der Waals surface area contributed by atoms with E-state index < -0.39 is 11.6 Å². The van der Waals surface area contributed by atoms with Gasteiger partial charge in [-0.05, 0) is 31.2 Å². The molecule has 0 amide bonds. The van der Waals surface area contributed by atoms with Crippen LogP contribution in [0.2, 0.25) is 0 Å². The lowest BCUT2D eigenvalue weighted by molar-refractivity contribution is 0.506. The molecule has 0 bridgehead atoms. The Bertz CT molecular complexity index is 358. The van der Waals surface area contributed by atoms with Crippen molar-refractivity contribution in [2.45, 2.75) is 43.3 Å². The fourth-order valence-electron chi connectivity index (χ4n) is 1.63.